The molecule has 0 spiro atoms. The minimum atomic E-state index is -0.902. The Kier molecular flexibility index (Phi) is 6.98. The van der Waals surface area contributed by atoms with E-state index in [1.165, 1.54) is 7.11 Å². The zero-order chi connectivity index (χ0) is 23.9. The lowest BCUT2D eigenvalue weighted by Crippen LogP contribution is -2.44. The topological polar surface area (TPSA) is 108 Å². The van der Waals surface area contributed by atoms with Crippen LogP contribution < -0.4 is 5.32 Å². The number of methoxy groups -OCH3 is 1. The number of hydrogen-bond acceptors (Lipinski definition) is 7. The molecule has 0 fully saturated rings. The Morgan fingerprint density at radius 2 is 1.68 bits per heavy atom. The van der Waals surface area contributed by atoms with E-state index in [1.807, 2.05) is 60.7 Å². The number of benzene rings is 3. The summed E-state index contributed by atoms with van der Waals surface area (Å²) in [5.74, 6) is -1.36. The number of nitrogens with zero attached hydrogens (tertiary/aromatic N) is 1. The van der Waals surface area contributed by atoms with Crippen LogP contribution in [0.3, 0.4) is 0 Å². The first-order chi connectivity index (χ1) is 16.5. The zero-order valence-electron chi connectivity index (χ0n) is 18.4. The van der Waals surface area contributed by atoms with Crippen molar-refractivity contribution in [1.82, 2.24) is 10.5 Å². The molecule has 1 atom stereocenters. The molecule has 0 radical (unpaired) electrons. The number of aromatic nitrogens is 1. The van der Waals surface area contributed by atoms with E-state index in [4.69, 9.17) is 14.0 Å². The number of rotatable bonds is 8. The van der Waals surface area contributed by atoms with Crippen LogP contribution in [-0.4, -0.2) is 42.8 Å². The largest absolute Gasteiger partial charge is 0.467 e. The predicted molar refractivity (Wildman–Crippen MR) is 124 cm³/mol. The number of amides is 1. The lowest BCUT2D eigenvalue weighted by Gasteiger charge is -2.16. The Labute approximate surface area is 195 Å². The third-order valence-electron chi connectivity index (χ3n) is 5.19. The molecule has 8 nitrogen and oxygen atoms in total. The molecule has 1 unspecified atom stereocenters. The van der Waals surface area contributed by atoms with Crippen molar-refractivity contribution in [2.24, 2.45) is 0 Å². The lowest BCUT2D eigenvalue weighted by atomic mass is 10.1. The summed E-state index contributed by atoms with van der Waals surface area (Å²) in [5, 5.41) is 7.24. The van der Waals surface area contributed by atoms with Crippen LogP contribution in [0.5, 0.6) is 0 Å². The van der Waals surface area contributed by atoms with E-state index in [-0.39, 0.29) is 12.0 Å². The normalized spacial score (nSPS) is 11.6. The van der Waals surface area contributed by atoms with Gasteiger partial charge in [0.1, 0.15) is 11.6 Å². The highest BCUT2D eigenvalue weighted by Gasteiger charge is 2.23. The summed E-state index contributed by atoms with van der Waals surface area (Å²) in [4.78, 5) is 37.1. The van der Waals surface area contributed by atoms with E-state index in [1.54, 1.807) is 18.2 Å². The minimum Gasteiger partial charge on any atom is -0.467 e. The number of hydrogen-bond donors (Lipinski definition) is 1. The van der Waals surface area contributed by atoms with E-state index in [0.717, 1.165) is 11.1 Å². The van der Waals surface area contributed by atoms with Crippen molar-refractivity contribution in [1.29, 1.82) is 0 Å². The molecule has 1 aromatic heterocycles. The molecule has 172 valence electrons. The molecule has 0 aliphatic carbocycles. The Bertz CT molecular complexity index is 1300. The van der Waals surface area contributed by atoms with Gasteiger partial charge in [0, 0.05) is 12.0 Å². The van der Waals surface area contributed by atoms with Crippen molar-refractivity contribution in [3.8, 4) is 11.3 Å². The van der Waals surface area contributed by atoms with E-state index in [0.29, 0.717) is 16.7 Å². The number of carbonyl (C=O) groups excluding carboxylic acids is 3. The highest BCUT2D eigenvalue weighted by Crippen LogP contribution is 2.29. The summed E-state index contributed by atoms with van der Waals surface area (Å²) in [6.07, 6.45) is 0.250. The molecule has 1 N–H and O–H groups in total. The Balaban J connectivity index is 1.41. The minimum absolute atomic E-state index is 0.245. The molecule has 8 heteroatoms. The van der Waals surface area contributed by atoms with Crippen molar-refractivity contribution < 1.29 is 28.4 Å². The van der Waals surface area contributed by atoms with Crippen molar-refractivity contribution >= 4 is 28.7 Å². The van der Waals surface area contributed by atoms with Crippen LogP contribution in [0.1, 0.15) is 15.9 Å². The molecule has 0 saturated heterocycles. The summed E-state index contributed by atoms with van der Waals surface area (Å²) < 4.78 is 15.4. The Hall–Kier alpha value is -4.46. The molecular formula is C26H22N2O6. The first-order valence-electron chi connectivity index (χ1n) is 10.6. The van der Waals surface area contributed by atoms with Gasteiger partial charge in [-0.15, -0.1) is 0 Å². The number of fused-ring (bicyclic) bond motifs is 1. The van der Waals surface area contributed by atoms with Gasteiger partial charge in [-0.1, -0.05) is 65.8 Å². The van der Waals surface area contributed by atoms with Gasteiger partial charge in [-0.3, -0.25) is 4.79 Å². The van der Waals surface area contributed by atoms with Crippen LogP contribution in [0.15, 0.2) is 83.4 Å². The fourth-order valence-electron chi connectivity index (χ4n) is 3.50. The van der Waals surface area contributed by atoms with Gasteiger partial charge in [-0.2, -0.15) is 0 Å². The molecule has 0 bridgehead atoms. The maximum Gasteiger partial charge on any atom is 0.338 e. The van der Waals surface area contributed by atoms with Crippen LogP contribution in [0.25, 0.3) is 22.2 Å². The van der Waals surface area contributed by atoms with Crippen molar-refractivity contribution in [3.05, 3.63) is 90.0 Å². The van der Waals surface area contributed by atoms with Gasteiger partial charge in [0.2, 0.25) is 0 Å². The monoisotopic (exact) mass is 458 g/mol. The lowest BCUT2D eigenvalue weighted by molar-refractivity contribution is -0.145. The molecule has 4 rings (SSSR count). The smallest absolute Gasteiger partial charge is 0.338 e. The van der Waals surface area contributed by atoms with Gasteiger partial charge in [-0.25, -0.2) is 9.59 Å². The van der Waals surface area contributed by atoms with Gasteiger partial charge >= 0.3 is 11.9 Å². The number of nitrogens with one attached hydrogen (secondary N) is 1. The molecule has 0 saturated carbocycles. The van der Waals surface area contributed by atoms with Gasteiger partial charge in [0.05, 0.1) is 18.1 Å². The van der Waals surface area contributed by atoms with E-state index in [2.05, 4.69) is 10.5 Å². The van der Waals surface area contributed by atoms with E-state index < -0.39 is 30.5 Å². The van der Waals surface area contributed by atoms with Crippen LogP contribution in [0.2, 0.25) is 0 Å². The summed E-state index contributed by atoms with van der Waals surface area (Å²) in [6.45, 7) is -0.547. The van der Waals surface area contributed by atoms with Crippen LogP contribution in [0.4, 0.5) is 0 Å². The van der Waals surface area contributed by atoms with Gasteiger partial charge < -0.3 is 19.3 Å². The standard InChI is InChI=1S/C26H22N2O6/c1-32-26(31)22(14-17-8-4-2-5-9-17)27-23(29)16-33-25(30)19-12-13-21-20(15-19)24(34-28-21)18-10-6-3-7-11-18/h2-13,15,22H,14,16H2,1H3,(H,27,29). The van der Waals surface area contributed by atoms with Gasteiger partial charge in [0.15, 0.2) is 12.4 Å². The third-order valence-corrected chi connectivity index (χ3v) is 5.19. The maximum atomic E-state index is 12.6. The van der Waals surface area contributed by atoms with Gasteiger partial charge in [-0.05, 0) is 23.8 Å². The zero-order valence-corrected chi connectivity index (χ0v) is 18.4. The fraction of sp³-hybridized carbons (Fsp3) is 0.154. The predicted octanol–water partition coefficient (Wildman–Crippen LogP) is 3.55. The molecular weight excluding hydrogens is 436 g/mol. The molecule has 34 heavy (non-hydrogen) atoms. The number of ether oxygens (including phenoxy) is 2. The van der Waals surface area contributed by atoms with Crippen molar-refractivity contribution in [2.45, 2.75) is 12.5 Å². The molecule has 1 heterocycles. The highest BCUT2D eigenvalue weighted by atomic mass is 16.5. The first-order valence-corrected chi connectivity index (χ1v) is 10.6. The molecule has 3 aromatic carbocycles. The summed E-state index contributed by atoms with van der Waals surface area (Å²) in [5.41, 5.74) is 2.51. The Morgan fingerprint density at radius 1 is 0.971 bits per heavy atom. The second kappa shape index (κ2) is 10.4. The third kappa shape index (κ3) is 5.29. The van der Waals surface area contributed by atoms with Crippen LogP contribution in [0, 0.1) is 0 Å². The highest BCUT2D eigenvalue weighted by molar-refractivity contribution is 5.99. The van der Waals surface area contributed by atoms with Crippen molar-refractivity contribution in [3.63, 3.8) is 0 Å². The average Bonchev–Trinajstić information content (AvgIpc) is 3.31. The average molecular weight is 458 g/mol. The molecule has 0 aliphatic rings. The first kappa shape index (κ1) is 22.7. The van der Waals surface area contributed by atoms with Crippen LogP contribution in [-0.2, 0) is 25.5 Å². The quantitative estimate of drug-likeness (QED) is 0.402. The summed E-state index contributed by atoms with van der Waals surface area (Å²) >= 11 is 0. The fourth-order valence-corrected chi connectivity index (χ4v) is 3.50. The molecule has 4 aromatic rings. The second-order valence-corrected chi connectivity index (χ2v) is 7.52. The second-order valence-electron chi connectivity index (χ2n) is 7.52. The van der Waals surface area contributed by atoms with Gasteiger partial charge in [0.25, 0.3) is 5.91 Å². The van der Waals surface area contributed by atoms with E-state index >= 15 is 0 Å². The Morgan fingerprint density at radius 3 is 2.38 bits per heavy atom. The summed E-state index contributed by atoms with van der Waals surface area (Å²) in [7, 11) is 1.25. The maximum absolute atomic E-state index is 12.6. The SMILES string of the molecule is COC(=O)C(Cc1ccccc1)NC(=O)COC(=O)c1ccc2noc(-c3ccccc3)c2c1. The van der Waals surface area contributed by atoms with Crippen LogP contribution >= 0.6 is 0 Å². The number of esters is 2. The van der Waals surface area contributed by atoms with Crippen molar-refractivity contribution in [2.75, 3.05) is 13.7 Å². The van der Waals surface area contributed by atoms with E-state index in [9.17, 15) is 14.4 Å². The molecule has 0 aliphatic heterocycles. The summed E-state index contributed by atoms with van der Waals surface area (Å²) in [6, 6.07) is 22.5. The number of carbonyl (C=O) groups is 3. The molecule has 1 amide bonds.